The number of amides is 2. The van der Waals surface area contributed by atoms with Gasteiger partial charge in [-0.05, 0) is 67.9 Å². The topological polar surface area (TPSA) is 96.0 Å². The third-order valence-electron chi connectivity index (χ3n) is 5.57. The molecule has 37 heavy (non-hydrogen) atoms. The Kier molecular flexibility index (Phi) is 9.24. The van der Waals surface area contributed by atoms with Crippen molar-refractivity contribution in [2.75, 3.05) is 23.7 Å². The van der Waals surface area contributed by atoms with Crippen LogP contribution in [0.1, 0.15) is 19.4 Å². The number of nitrogens with one attached hydrogen (secondary N) is 1. The van der Waals surface area contributed by atoms with Crippen molar-refractivity contribution in [2.24, 2.45) is 0 Å². The van der Waals surface area contributed by atoms with E-state index in [4.69, 9.17) is 4.74 Å². The third kappa shape index (κ3) is 7.78. The smallest absolute Gasteiger partial charge is 0.244 e. The summed E-state index contributed by atoms with van der Waals surface area (Å²) in [7, 11) is -3.86. The Morgan fingerprint density at radius 1 is 0.946 bits per heavy atom. The Morgan fingerprint density at radius 3 is 2.11 bits per heavy atom. The van der Waals surface area contributed by atoms with Gasteiger partial charge in [0, 0.05) is 13.1 Å². The fourth-order valence-corrected chi connectivity index (χ4v) is 4.46. The van der Waals surface area contributed by atoms with Crippen molar-refractivity contribution < 1.29 is 27.1 Å². The molecule has 0 aliphatic heterocycles. The summed E-state index contributed by atoms with van der Waals surface area (Å²) >= 11 is 0. The molecule has 2 amide bonds. The second kappa shape index (κ2) is 12.4. The van der Waals surface area contributed by atoms with Gasteiger partial charge in [0.05, 0.1) is 11.9 Å². The number of halogens is 1. The first-order chi connectivity index (χ1) is 17.6. The molecule has 10 heteroatoms. The van der Waals surface area contributed by atoms with Crippen LogP contribution in [-0.4, -0.2) is 50.5 Å². The first kappa shape index (κ1) is 27.7. The number of nitrogens with zero attached hydrogens (tertiary/aromatic N) is 2. The van der Waals surface area contributed by atoms with E-state index in [0.717, 1.165) is 10.6 Å². The van der Waals surface area contributed by atoms with Gasteiger partial charge < -0.3 is 15.0 Å². The molecule has 0 radical (unpaired) electrons. The molecular formula is C27H30FN3O5S. The molecule has 3 rings (SSSR count). The van der Waals surface area contributed by atoms with Crippen molar-refractivity contribution in [1.29, 1.82) is 0 Å². The van der Waals surface area contributed by atoms with E-state index in [2.05, 4.69) is 5.32 Å². The Morgan fingerprint density at radius 2 is 1.54 bits per heavy atom. The fraction of sp³-hybridized carbons (Fsp3) is 0.259. The number of sulfonamides is 1. The Labute approximate surface area is 216 Å². The summed E-state index contributed by atoms with van der Waals surface area (Å²) in [5.74, 6) is -0.274. The van der Waals surface area contributed by atoms with E-state index in [1.165, 1.54) is 29.2 Å². The third-order valence-corrected chi connectivity index (χ3v) is 6.71. The average Bonchev–Trinajstić information content (AvgIpc) is 2.87. The van der Waals surface area contributed by atoms with Gasteiger partial charge >= 0.3 is 0 Å². The first-order valence-corrected chi connectivity index (χ1v) is 13.6. The normalized spacial score (nSPS) is 11.9. The van der Waals surface area contributed by atoms with Crippen molar-refractivity contribution in [1.82, 2.24) is 10.2 Å². The lowest BCUT2D eigenvalue weighted by Crippen LogP contribution is -2.51. The minimum absolute atomic E-state index is 0.00112. The fourth-order valence-electron chi connectivity index (χ4n) is 3.61. The van der Waals surface area contributed by atoms with Gasteiger partial charge in [-0.3, -0.25) is 13.9 Å². The van der Waals surface area contributed by atoms with Crippen LogP contribution in [0.2, 0.25) is 0 Å². The predicted octanol–water partition coefficient (Wildman–Crippen LogP) is 3.94. The van der Waals surface area contributed by atoms with E-state index in [9.17, 15) is 22.4 Å². The highest BCUT2D eigenvalue weighted by Gasteiger charge is 2.30. The van der Waals surface area contributed by atoms with E-state index >= 15 is 0 Å². The monoisotopic (exact) mass is 527 g/mol. The van der Waals surface area contributed by atoms with Crippen LogP contribution in [0.25, 0.3) is 0 Å². The number of ether oxygens (including phenoxy) is 1. The largest absolute Gasteiger partial charge is 0.457 e. The summed E-state index contributed by atoms with van der Waals surface area (Å²) in [5.41, 5.74) is 0.864. The van der Waals surface area contributed by atoms with Crippen LogP contribution in [0.4, 0.5) is 10.1 Å². The average molecular weight is 528 g/mol. The van der Waals surface area contributed by atoms with Crippen molar-refractivity contribution in [3.63, 3.8) is 0 Å². The minimum atomic E-state index is -3.86. The van der Waals surface area contributed by atoms with Gasteiger partial charge in [-0.1, -0.05) is 30.3 Å². The minimum Gasteiger partial charge on any atom is -0.457 e. The van der Waals surface area contributed by atoms with Crippen molar-refractivity contribution in [2.45, 2.75) is 26.4 Å². The maximum absolute atomic E-state index is 13.4. The summed E-state index contributed by atoms with van der Waals surface area (Å²) in [6.45, 7) is 3.16. The number of para-hydroxylation sites is 1. The van der Waals surface area contributed by atoms with E-state index in [1.807, 2.05) is 18.2 Å². The van der Waals surface area contributed by atoms with Crippen molar-refractivity contribution in [3.05, 3.63) is 90.2 Å². The maximum Gasteiger partial charge on any atom is 0.244 e. The second-order valence-corrected chi connectivity index (χ2v) is 10.3. The molecule has 0 aromatic heterocycles. The lowest BCUT2D eigenvalue weighted by Gasteiger charge is -2.31. The number of carbonyl (C=O) groups excluding carboxylic acids is 2. The predicted molar refractivity (Wildman–Crippen MR) is 140 cm³/mol. The molecule has 1 atom stereocenters. The highest BCUT2D eigenvalue weighted by Crippen LogP contribution is 2.26. The molecule has 0 aliphatic rings. The lowest BCUT2D eigenvalue weighted by atomic mass is 10.1. The highest BCUT2D eigenvalue weighted by molar-refractivity contribution is 7.92. The SMILES string of the molecule is CCNC(=O)[C@@H](C)N(Cc1ccc(F)cc1)C(=O)CN(c1ccc(Oc2ccccc2)cc1)S(C)(=O)=O. The molecule has 0 heterocycles. The summed E-state index contributed by atoms with van der Waals surface area (Å²) in [6.07, 6.45) is 1.01. The zero-order valence-electron chi connectivity index (χ0n) is 20.9. The van der Waals surface area contributed by atoms with Gasteiger partial charge in [-0.25, -0.2) is 12.8 Å². The summed E-state index contributed by atoms with van der Waals surface area (Å²) in [6, 6.07) is 20.1. The molecule has 3 aromatic carbocycles. The molecule has 3 aromatic rings. The molecule has 196 valence electrons. The van der Waals surface area contributed by atoms with Gasteiger partial charge in [0.15, 0.2) is 0 Å². The molecule has 0 spiro atoms. The van der Waals surface area contributed by atoms with Crippen molar-refractivity contribution in [3.8, 4) is 11.5 Å². The maximum atomic E-state index is 13.4. The molecule has 0 saturated heterocycles. The quantitative estimate of drug-likeness (QED) is 0.408. The van der Waals surface area contributed by atoms with Crippen LogP contribution in [0, 0.1) is 5.82 Å². The molecule has 0 unspecified atom stereocenters. The molecule has 0 aliphatic carbocycles. The zero-order chi connectivity index (χ0) is 27.0. The number of likely N-dealkylation sites (N-methyl/N-ethyl adjacent to an activating group) is 1. The molecule has 0 bridgehead atoms. The molecule has 0 fully saturated rings. The molecule has 0 saturated carbocycles. The Bertz CT molecular complexity index is 1300. The number of hydrogen-bond donors (Lipinski definition) is 1. The molecule has 1 N–H and O–H groups in total. The number of hydrogen-bond acceptors (Lipinski definition) is 5. The summed E-state index contributed by atoms with van der Waals surface area (Å²) in [4.78, 5) is 27.3. The highest BCUT2D eigenvalue weighted by atomic mass is 32.2. The zero-order valence-corrected chi connectivity index (χ0v) is 21.7. The van der Waals surface area contributed by atoms with Gasteiger partial charge in [0.1, 0.15) is 29.9 Å². The van der Waals surface area contributed by atoms with Crippen LogP contribution >= 0.6 is 0 Å². The van der Waals surface area contributed by atoms with Gasteiger partial charge in [0.2, 0.25) is 21.8 Å². The number of anilines is 1. The van der Waals surface area contributed by atoms with E-state index < -0.39 is 34.3 Å². The number of rotatable bonds is 11. The van der Waals surface area contributed by atoms with Crippen LogP contribution in [0.5, 0.6) is 11.5 Å². The number of benzene rings is 3. The summed E-state index contributed by atoms with van der Waals surface area (Å²) < 4.78 is 45.5. The Balaban J connectivity index is 1.85. The Hall–Kier alpha value is -3.92. The number of carbonyl (C=O) groups is 2. The standard InChI is InChI=1S/C27H30FN3O5S/c1-4-29-27(33)20(2)30(18-21-10-12-22(28)13-11-21)26(32)19-31(37(3,34)35)23-14-16-25(17-15-23)36-24-8-6-5-7-9-24/h5-17,20H,4,18-19H2,1-3H3,(H,29,33)/t20-/m1/s1. The van der Waals surface area contributed by atoms with Crippen molar-refractivity contribution >= 4 is 27.5 Å². The van der Waals surface area contributed by atoms with Crippen LogP contribution in [-0.2, 0) is 26.2 Å². The molecular weight excluding hydrogens is 497 g/mol. The van der Waals surface area contributed by atoms with E-state index in [-0.39, 0.29) is 18.1 Å². The lowest BCUT2D eigenvalue weighted by molar-refractivity contribution is -0.139. The van der Waals surface area contributed by atoms with E-state index in [1.54, 1.807) is 50.2 Å². The van der Waals surface area contributed by atoms with Crippen LogP contribution in [0.3, 0.4) is 0 Å². The first-order valence-electron chi connectivity index (χ1n) is 11.7. The van der Waals surface area contributed by atoms with Crippen LogP contribution < -0.4 is 14.4 Å². The van der Waals surface area contributed by atoms with Gasteiger partial charge in [-0.2, -0.15) is 0 Å². The van der Waals surface area contributed by atoms with Gasteiger partial charge in [-0.15, -0.1) is 0 Å². The summed E-state index contributed by atoms with van der Waals surface area (Å²) in [5, 5.41) is 2.68. The van der Waals surface area contributed by atoms with Crippen LogP contribution in [0.15, 0.2) is 78.9 Å². The van der Waals surface area contributed by atoms with Gasteiger partial charge in [0.25, 0.3) is 0 Å². The van der Waals surface area contributed by atoms with E-state index in [0.29, 0.717) is 23.6 Å². The molecule has 8 nitrogen and oxygen atoms in total. The second-order valence-electron chi connectivity index (χ2n) is 8.40.